The van der Waals surface area contributed by atoms with Crippen molar-refractivity contribution >= 4 is 5.91 Å². The van der Waals surface area contributed by atoms with E-state index in [1.807, 2.05) is 0 Å². The van der Waals surface area contributed by atoms with Gasteiger partial charge in [-0.05, 0) is 24.3 Å². The Labute approximate surface area is 119 Å². The highest BCUT2D eigenvalue weighted by Crippen LogP contribution is 2.21. The van der Waals surface area contributed by atoms with Gasteiger partial charge in [-0.1, -0.05) is 12.1 Å². The maximum Gasteiger partial charge on any atom is 0.471 e. The summed E-state index contributed by atoms with van der Waals surface area (Å²) < 4.78 is 38.0. The lowest BCUT2D eigenvalue weighted by atomic mass is 10.2. The maximum atomic E-state index is 12.7. The number of alkyl halides is 3. The molecule has 110 valence electrons. The molecular weight excluding hydrogens is 283 g/mol. The van der Waals surface area contributed by atoms with Crippen LogP contribution in [0.4, 0.5) is 13.2 Å². The van der Waals surface area contributed by atoms with E-state index in [4.69, 9.17) is 0 Å². The van der Waals surface area contributed by atoms with E-state index in [-0.39, 0.29) is 13.1 Å². The fraction of sp³-hybridized carbons (Fsp3) is 0.214. The van der Waals surface area contributed by atoms with Gasteiger partial charge in [0, 0.05) is 12.4 Å². The molecule has 0 N–H and O–H groups in total. The molecule has 0 aliphatic heterocycles. The topological polar surface area (TPSA) is 46.1 Å². The number of hydrogen-bond acceptors (Lipinski definition) is 3. The van der Waals surface area contributed by atoms with Gasteiger partial charge in [0.05, 0.1) is 24.5 Å². The molecule has 0 saturated heterocycles. The molecule has 4 nitrogen and oxygen atoms in total. The molecule has 2 heterocycles. The minimum Gasteiger partial charge on any atom is -0.323 e. The summed E-state index contributed by atoms with van der Waals surface area (Å²) in [5.41, 5.74) is 0.761. The summed E-state index contributed by atoms with van der Waals surface area (Å²) in [6.45, 7) is -0.453. The van der Waals surface area contributed by atoms with Crippen molar-refractivity contribution in [2.24, 2.45) is 0 Å². The van der Waals surface area contributed by atoms with Gasteiger partial charge in [-0.25, -0.2) is 0 Å². The number of amides is 1. The van der Waals surface area contributed by atoms with Crippen LogP contribution in [-0.2, 0) is 17.9 Å². The van der Waals surface area contributed by atoms with Crippen molar-refractivity contribution in [3.05, 3.63) is 60.2 Å². The molecule has 7 heteroatoms. The number of aromatic nitrogens is 2. The molecule has 0 aromatic carbocycles. The Morgan fingerprint density at radius 3 is 1.76 bits per heavy atom. The first-order valence-electron chi connectivity index (χ1n) is 6.13. The van der Waals surface area contributed by atoms with E-state index < -0.39 is 12.1 Å². The zero-order chi connectivity index (χ0) is 15.3. The van der Waals surface area contributed by atoms with Crippen molar-refractivity contribution in [1.29, 1.82) is 0 Å². The van der Waals surface area contributed by atoms with Crippen molar-refractivity contribution in [2.75, 3.05) is 0 Å². The predicted molar refractivity (Wildman–Crippen MR) is 68.8 cm³/mol. The average molecular weight is 295 g/mol. The van der Waals surface area contributed by atoms with Gasteiger partial charge in [-0.2, -0.15) is 13.2 Å². The lowest BCUT2D eigenvalue weighted by molar-refractivity contribution is -0.186. The van der Waals surface area contributed by atoms with Crippen LogP contribution in [0, 0.1) is 0 Å². The molecule has 2 aromatic rings. The number of hydrogen-bond donors (Lipinski definition) is 0. The average Bonchev–Trinajstić information content (AvgIpc) is 2.47. The fourth-order valence-corrected chi connectivity index (χ4v) is 1.75. The van der Waals surface area contributed by atoms with Crippen LogP contribution in [0.2, 0.25) is 0 Å². The fourth-order valence-electron chi connectivity index (χ4n) is 1.75. The Morgan fingerprint density at radius 1 is 0.952 bits per heavy atom. The Bertz CT molecular complexity index is 546. The number of rotatable bonds is 4. The van der Waals surface area contributed by atoms with Crippen LogP contribution in [0.3, 0.4) is 0 Å². The highest BCUT2D eigenvalue weighted by Gasteiger charge is 2.42. The maximum absolute atomic E-state index is 12.7. The van der Waals surface area contributed by atoms with E-state index >= 15 is 0 Å². The van der Waals surface area contributed by atoms with Crippen molar-refractivity contribution in [1.82, 2.24) is 14.9 Å². The Balaban J connectivity index is 2.20. The van der Waals surface area contributed by atoms with Crippen LogP contribution in [0.15, 0.2) is 48.8 Å². The van der Waals surface area contributed by atoms with E-state index in [0.717, 1.165) is 0 Å². The summed E-state index contributed by atoms with van der Waals surface area (Å²) in [4.78, 5) is 20.1. The number of carbonyl (C=O) groups excluding carboxylic acids is 1. The third-order valence-electron chi connectivity index (χ3n) is 2.69. The second-order valence-corrected chi connectivity index (χ2v) is 4.30. The van der Waals surface area contributed by atoms with Crippen molar-refractivity contribution in [3.63, 3.8) is 0 Å². The molecule has 2 aromatic heterocycles. The van der Waals surface area contributed by atoms with Crippen LogP contribution in [0.5, 0.6) is 0 Å². The van der Waals surface area contributed by atoms with E-state index in [1.165, 1.54) is 12.4 Å². The van der Waals surface area contributed by atoms with E-state index in [9.17, 15) is 18.0 Å². The standard InChI is InChI=1S/C14H12F3N3O/c15-14(16,17)13(21)20(9-11-5-1-3-7-18-11)10-12-6-2-4-8-19-12/h1-8H,9-10H2. The molecule has 0 bridgehead atoms. The van der Waals surface area contributed by atoms with Gasteiger partial charge in [0.25, 0.3) is 0 Å². The number of carbonyl (C=O) groups is 1. The Kier molecular flexibility index (Phi) is 4.52. The van der Waals surface area contributed by atoms with E-state index in [2.05, 4.69) is 9.97 Å². The summed E-state index contributed by atoms with van der Waals surface area (Å²) in [5.74, 6) is -1.90. The smallest absolute Gasteiger partial charge is 0.323 e. The highest BCUT2D eigenvalue weighted by atomic mass is 19.4. The SMILES string of the molecule is O=C(N(Cc1ccccn1)Cc1ccccn1)C(F)(F)F. The molecule has 0 fully saturated rings. The molecule has 0 unspecified atom stereocenters. The zero-order valence-corrected chi connectivity index (χ0v) is 10.9. The molecule has 0 atom stereocenters. The van der Waals surface area contributed by atoms with Gasteiger partial charge in [0.2, 0.25) is 0 Å². The molecule has 2 rings (SSSR count). The van der Waals surface area contributed by atoms with Crippen LogP contribution in [0.25, 0.3) is 0 Å². The first-order valence-corrected chi connectivity index (χ1v) is 6.13. The number of nitrogens with zero attached hydrogens (tertiary/aromatic N) is 3. The number of pyridine rings is 2. The minimum absolute atomic E-state index is 0.226. The van der Waals surface area contributed by atoms with Crippen molar-refractivity contribution in [3.8, 4) is 0 Å². The van der Waals surface area contributed by atoms with E-state index in [1.54, 1.807) is 36.4 Å². The minimum atomic E-state index is -4.93. The van der Waals surface area contributed by atoms with Crippen LogP contribution < -0.4 is 0 Å². The third-order valence-corrected chi connectivity index (χ3v) is 2.69. The molecule has 1 amide bonds. The van der Waals surface area contributed by atoms with Gasteiger partial charge >= 0.3 is 12.1 Å². The summed E-state index contributed by atoms with van der Waals surface area (Å²) in [5, 5.41) is 0. The molecule has 0 radical (unpaired) electrons. The van der Waals surface area contributed by atoms with Gasteiger partial charge < -0.3 is 4.90 Å². The summed E-state index contributed by atoms with van der Waals surface area (Å²) in [6.07, 6.45) is -2.00. The molecule has 0 spiro atoms. The third kappa shape index (κ3) is 4.27. The van der Waals surface area contributed by atoms with Gasteiger partial charge in [-0.15, -0.1) is 0 Å². The van der Waals surface area contributed by atoms with E-state index in [0.29, 0.717) is 16.3 Å². The predicted octanol–water partition coefficient (Wildman–Crippen LogP) is 2.57. The highest BCUT2D eigenvalue weighted by molar-refractivity contribution is 5.81. The molecule has 0 aliphatic rings. The monoisotopic (exact) mass is 295 g/mol. The Hall–Kier alpha value is -2.44. The largest absolute Gasteiger partial charge is 0.471 e. The lowest BCUT2D eigenvalue weighted by Crippen LogP contribution is -2.40. The molecular formula is C14H12F3N3O. The van der Waals surface area contributed by atoms with Gasteiger partial charge in [0.15, 0.2) is 0 Å². The second-order valence-electron chi connectivity index (χ2n) is 4.30. The first kappa shape index (κ1) is 15.0. The quantitative estimate of drug-likeness (QED) is 0.871. The second kappa shape index (κ2) is 6.34. The van der Waals surface area contributed by atoms with Crippen LogP contribution in [-0.4, -0.2) is 27.0 Å². The summed E-state index contributed by atoms with van der Waals surface area (Å²) in [7, 11) is 0. The number of halogens is 3. The zero-order valence-electron chi connectivity index (χ0n) is 10.9. The lowest BCUT2D eigenvalue weighted by Gasteiger charge is -2.23. The summed E-state index contributed by atoms with van der Waals surface area (Å²) in [6, 6.07) is 9.74. The van der Waals surface area contributed by atoms with Gasteiger partial charge in [0.1, 0.15) is 0 Å². The molecule has 0 aliphatic carbocycles. The Morgan fingerprint density at radius 2 is 1.43 bits per heavy atom. The van der Waals surface area contributed by atoms with Crippen molar-refractivity contribution < 1.29 is 18.0 Å². The van der Waals surface area contributed by atoms with Crippen LogP contribution >= 0.6 is 0 Å². The molecule has 21 heavy (non-hydrogen) atoms. The normalized spacial score (nSPS) is 11.2. The van der Waals surface area contributed by atoms with Crippen molar-refractivity contribution in [2.45, 2.75) is 19.3 Å². The first-order chi connectivity index (χ1) is 9.97. The summed E-state index contributed by atoms with van der Waals surface area (Å²) >= 11 is 0. The van der Waals surface area contributed by atoms with Crippen LogP contribution in [0.1, 0.15) is 11.4 Å². The van der Waals surface area contributed by atoms with Gasteiger partial charge in [-0.3, -0.25) is 14.8 Å². The molecule has 0 saturated carbocycles.